The minimum Gasteiger partial charge on any atom is -0.354 e. The van der Waals surface area contributed by atoms with Gasteiger partial charge in [-0.05, 0) is 63.5 Å². The molecular formula is C17H25N3. The van der Waals surface area contributed by atoms with Crippen molar-refractivity contribution in [3.63, 3.8) is 0 Å². The number of fused-ring (bicyclic) bond motifs is 3. The first-order chi connectivity index (χ1) is 9.83. The standard InChI is InChI=1S/C17H25N3/c1-2-20(15-10-13-7-8-14(11-15)18-13)17-9-6-12-4-3-5-16(12)19-17/h6,9,13-15,18H,2-5,7-8,10-11H2,1H3. The van der Waals surface area contributed by atoms with Crippen molar-refractivity contribution >= 4 is 5.82 Å². The molecule has 2 saturated heterocycles. The topological polar surface area (TPSA) is 28.2 Å². The quantitative estimate of drug-likeness (QED) is 0.916. The molecule has 2 aliphatic heterocycles. The second-order valence-corrected chi connectivity index (χ2v) is 6.68. The summed E-state index contributed by atoms with van der Waals surface area (Å²) in [6.07, 6.45) is 9.03. The van der Waals surface area contributed by atoms with Gasteiger partial charge in [0.1, 0.15) is 5.82 Å². The monoisotopic (exact) mass is 271 g/mol. The van der Waals surface area contributed by atoms with E-state index in [9.17, 15) is 0 Å². The molecule has 108 valence electrons. The fourth-order valence-electron chi connectivity index (χ4n) is 4.46. The summed E-state index contributed by atoms with van der Waals surface area (Å²) in [4.78, 5) is 7.54. The average molecular weight is 271 g/mol. The molecule has 0 aromatic carbocycles. The number of pyridine rings is 1. The van der Waals surface area contributed by atoms with E-state index in [4.69, 9.17) is 4.98 Å². The summed E-state index contributed by atoms with van der Waals surface area (Å²) in [6, 6.07) is 6.77. The molecule has 2 bridgehead atoms. The summed E-state index contributed by atoms with van der Waals surface area (Å²) >= 11 is 0. The van der Waals surface area contributed by atoms with Gasteiger partial charge in [0.05, 0.1) is 0 Å². The van der Waals surface area contributed by atoms with Crippen molar-refractivity contribution in [2.75, 3.05) is 11.4 Å². The van der Waals surface area contributed by atoms with Crippen molar-refractivity contribution in [2.24, 2.45) is 0 Å². The summed E-state index contributed by atoms with van der Waals surface area (Å²) in [5.74, 6) is 1.22. The van der Waals surface area contributed by atoms with Crippen LogP contribution in [0.1, 0.15) is 50.3 Å². The Labute approximate surface area is 121 Å². The van der Waals surface area contributed by atoms with Crippen LogP contribution in [0.2, 0.25) is 0 Å². The smallest absolute Gasteiger partial charge is 0.129 e. The molecule has 0 spiro atoms. The average Bonchev–Trinajstić information content (AvgIpc) is 3.05. The van der Waals surface area contributed by atoms with E-state index in [0.29, 0.717) is 6.04 Å². The Balaban J connectivity index is 1.58. The summed E-state index contributed by atoms with van der Waals surface area (Å²) in [5, 5.41) is 3.75. The lowest BCUT2D eigenvalue weighted by molar-refractivity contribution is 0.348. The number of aromatic nitrogens is 1. The van der Waals surface area contributed by atoms with Crippen LogP contribution in [0.15, 0.2) is 12.1 Å². The Morgan fingerprint density at radius 2 is 2.00 bits per heavy atom. The molecule has 3 aliphatic rings. The SMILES string of the molecule is CCN(c1ccc2c(n1)CCC2)C1CC2CCC(C1)N2. The van der Waals surface area contributed by atoms with Crippen LogP contribution in [0, 0.1) is 0 Å². The molecule has 2 atom stereocenters. The maximum absolute atomic E-state index is 4.98. The van der Waals surface area contributed by atoms with Crippen molar-refractivity contribution in [1.29, 1.82) is 0 Å². The molecule has 4 rings (SSSR count). The number of piperidine rings is 1. The number of anilines is 1. The highest BCUT2D eigenvalue weighted by atomic mass is 15.2. The number of hydrogen-bond acceptors (Lipinski definition) is 3. The van der Waals surface area contributed by atoms with Gasteiger partial charge in [-0.2, -0.15) is 0 Å². The van der Waals surface area contributed by atoms with Crippen molar-refractivity contribution in [1.82, 2.24) is 10.3 Å². The zero-order valence-electron chi connectivity index (χ0n) is 12.4. The van der Waals surface area contributed by atoms with Gasteiger partial charge in [-0.3, -0.25) is 0 Å². The highest BCUT2D eigenvalue weighted by molar-refractivity contribution is 5.44. The maximum atomic E-state index is 4.98. The first-order valence-corrected chi connectivity index (χ1v) is 8.35. The van der Waals surface area contributed by atoms with Crippen LogP contribution in [-0.2, 0) is 12.8 Å². The Morgan fingerprint density at radius 1 is 1.20 bits per heavy atom. The predicted molar refractivity (Wildman–Crippen MR) is 82.2 cm³/mol. The van der Waals surface area contributed by atoms with Crippen LogP contribution in [0.5, 0.6) is 0 Å². The Bertz CT molecular complexity index is 487. The minimum absolute atomic E-state index is 0.686. The van der Waals surface area contributed by atoms with Crippen LogP contribution < -0.4 is 10.2 Å². The van der Waals surface area contributed by atoms with Crippen molar-refractivity contribution in [3.8, 4) is 0 Å². The third kappa shape index (κ3) is 2.12. The molecule has 0 saturated carbocycles. The molecule has 1 aromatic rings. The highest BCUT2D eigenvalue weighted by Gasteiger charge is 2.36. The molecule has 3 heteroatoms. The molecule has 0 radical (unpaired) electrons. The Hall–Kier alpha value is -1.09. The molecule has 3 heterocycles. The highest BCUT2D eigenvalue weighted by Crippen LogP contribution is 2.32. The van der Waals surface area contributed by atoms with Gasteiger partial charge in [0.15, 0.2) is 0 Å². The maximum Gasteiger partial charge on any atom is 0.129 e. The van der Waals surface area contributed by atoms with E-state index in [2.05, 4.69) is 29.3 Å². The number of aryl methyl sites for hydroxylation is 2. The van der Waals surface area contributed by atoms with E-state index in [-0.39, 0.29) is 0 Å². The first-order valence-electron chi connectivity index (χ1n) is 8.35. The molecule has 1 aromatic heterocycles. The molecule has 3 nitrogen and oxygen atoms in total. The van der Waals surface area contributed by atoms with Gasteiger partial charge in [0.25, 0.3) is 0 Å². The van der Waals surface area contributed by atoms with Gasteiger partial charge >= 0.3 is 0 Å². The number of rotatable bonds is 3. The van der Waals surface area contributed by atoms with E-state index in [1.54, 1.807) is 0 Å². The lowest BCUT2D eigenvalue weighted by Gasteiger charge is -2.38. The second kappa shape index (κ2) is 5.03. The van der Waals surface area contributed by atoms with E-state index in [1.807, 2.05) is 0 Å². The molecule has 1 N–H and O–H groups in total. The van der Waals surface area contributed by atoms with Gasteiger partial charge in [-0.1, -0.05) is 6.07 Å². The summed E-state index contributed by atoms with van der Waals surface area (Å²) in [6.45, 7) is 3.36. The van der Waals surface area contributed by atoms with Crippen LogP contribution in [0.3, 0.4) is 0 Å². The predicted octanol–water partition coefficient (Wildman–Crippen LogP) is 2.68. The molecule has 2 fully saturated rings. The largest absolute Gasteiger partial charge is 0.354 e. The zero-order chi connectivity index (χ0) is 13.5. The van der Waals surface area contributed by atoms with Gasteiger partial charge in [-0.15, -0.1) is 0 Å². The first kappa shape index (κ1) is 12.6. The molecular weight excluding hydrogens is 246 g/mol. The Kier molecular flexibility index (Phi) is 3.18. The molecule has 2 unspecified atom stereocenters. The van der Waals surface area contributed by atoms with Crippen molar-refractivity contribution < 1.29 is 0 Å². The zero-order valence-corrected chi connectivity index (χ0v) is 12.4. The van der Waals surface area contributed by atoms with Crippen LogP contribution in [-0.4, -0.2) is 29.7 Å². The normalized spacial score (nSPS) is 31.4. The number of hydrogen-bond donors (Lipinski definition) is 1. The third-order valence-electron chi connectivity index (χ3n) is 5.44. The van der Waals surface area contributed by atoms with Gasteiger partial charge in [0, 0.05) is 30.4 Å². The minimum atomic E-state index is 0.686. The van der Waals surface area contributed by atoms with Gasteiger partial charge in [0.2, 0.25) is 0 Å². The number of nitrogens with one attached hydrogen (secondary N) is 1. The van der Waals surface area contributed by atoms with Crippen LogP contribution in [0.4, 0.5) is 5.82 Å². The Morgan fingerprint density at radius 3 is 2.75 bits per heavy atom. The lowest BCUT2D eigenvalue weighted by Crippen LogP contribution is -2.48. The number of nitrogens with zero attached hydrogens (tertiary/aromatic N) is 2. The molecule has 20 heavy (non-hydrogen) atoms. The van der Waals surface area contributed by atoms with Crippen LogP contribution in [0.25, 0.3) is 0 Å². The fraction of sp³-hybridized carbons (Fsp3) is 0.706. The second-order valence-electron chi connectivity index (χ2n) is 6.68. The van der Waals surface area contributed by atoms with Gasteiger partial charge in [-0.25, -0.2) is 4.98 Å². The fourth-order valence-corrected chi connectivity index (χ4v) is 4.46. The molecule has 0 amide bonds. The van der Waals surface area contributed by atoms with Crippen LogP contribution >= 0.6 is 0 Å². The van der Waals surface area contributed by atoms with Crippen molar-refractivity contribution in [3.05, 3.63) is 23.4 Å². The summed E-state index contributed by atoms with van der Waals surface area (Å²) in [5.41, 5.74) is 2.84. The van der Waals surface area contributed by atoms with E-state index >= 15 is 0 Å². The third-order valence-corrected chi connectivity index (χ3v) is 5.44. The van der Waals surface area contributed by atoms with Gasteiger partial charge < -0.3 is 10.2 Å². The molecule has 1 aliphatic carbocycles. The van der Waals surface area contributed by atoms with E-state index in [1.165, 1.54) is 62.0 Å². The van der Waals surface area contributed by atoms with E-state index in [0.717, 1.165) is 18.6 Å². The van der Waals surface area contributed by atoms with Crippen molar-refractivity contribution in [2.45, 2.75) is 70.0 Å². The lowest BCUT2D eigenvalue weighted by atomic mass is 9.98. The summed E-state index contributed by atoms with van der Waals surface area (Å²) < 4.78 is 0. The van der Waals surface area contributed by atoms with E-state index < -0.39 is 0 Å². The summed E-state index contributed by atoms with van der Waals surface area (Å²) in [7, 11) is 0.